The summed E-state index contributed by atoms with van der Waals surface area (Å²) in [5, 5.41) is 6.12. The summed E-state index contributed by atoms with van der Waals surface area (Å²) in [4.78, 5) is 10.3. The predicted molar refractivity (Wildman–Crippen MR) is 149 cm³/mol. The summed E-state index contributed by atoms with van der Waals surface area (Å²) in [5.74, 6) is 0. The summed E-state index contributed by atoms with van der Waals surface area (Å²) in [7, 11) is 0. The van der Waals surface area contributed by atoms with Crippen LogP contribution < -0.4 is 0 Å². The van der Waals surface area contributed by atoms with Gasteiger partial charge in [0, 0.05) is 27.2 Å². The van der Waals surface area contributed by atoms with Gasteiger partial charge in [-0.3, -0.25) is 4.40 Å². The lowest BCUT2D eigenvalue weighted by atomic mass is 10.0. The van der Waals surface area contributed by atoms with Gasteiger partial charge in [-0.15, -0.1) is 0 Å². The summed E-state index contributed by atoms with van der Waals surface area (Å²) >= 11 is 0. The lowest BCUT2D eigenvalue weighted by molar-refractivity contribution is 1.18. The molecule has 4 nitrogen and oxygen atoms in total. The molecule has 4 aromatic heterocycles. The third-order valence-electron chi connectivity index (χ3n) is 7.62. The number of rotatable bonds is 1. The highest BCUT2D eigenvalue weighted by Gasteiger charge is 2.23. The van der Waals surface area contributed by atoms with Gasteiger partial charge >= 0.3 is 0 Å². The van der Waals surface area contributed by atoms with Crippen molar-refractivity contribution in [1.82, 2.24) is 18.9 Å². The van der Waals surface area contributed by atoms with Crippen LogP contribution in [0, 0.1) is 0 Å². The van der Waals surface area contributed by atoms with Crippen LogP contribution in [0.2, 0.25) is 0 Å². The van der Waals surface area contributed by atoms with Gasteiger partial charge in [-0.05, 0) is 53.9 Å². The summed E-state index contributed by atoms with van der Waals surface area (Å²) < 4.78 is 4.73. The van der Waals surface area contributed by atoms with Crippen molar-refractivity contribution in [2.45, 2.75) is 0 Å². The molecule has 0 spiro atoms. The van der Waals surface area contributed by atoms with E-state index >= 15 is 0 Å². The van der Waals surface area contributed by atoms with Gasteiger partial charge in [0.05, 0.1) is 33.1 Å². The van der Waals surface area contributed by atoms with Crippen LogP contribution in [0.4, 0.5) is 0 Å². The van der Waals surface area contributed by atoms with E-state index in [1.54, 1.807) is 0 Å². The van der Waals surface area contributed by atoms with Crippen molar-refractivity contribution in [3.8, 4) is 5.69 Å². The second-order valence-corrected chi connectivity index (χ2v) is 9.46. The van der Waals surface area contributed by atoms with Gasteiger partial charge in [0.25, 0.3) is 0 Å². The van der Waals surface area contributed by atoms with Gasteiger partial charge in [0.1, 0.15) is 5.52 Å². The van der Waals surface area contributed by atoms with Crippen LogP contribution in [0.25, 0.3) is 76.9 Å². The van der Waals surface area contributed by atoms with Crippen LogP contribution in [-0.4, -0.2) is 18.9 Å². The molecule has 0 saturated heterocycles. The molecule has 0 bridgehead atoms. The minimum Gasteiger partial charge on any atom is -0.309 e. The topological polar surface area (TPSA) is 35.1 Å². The van der Waals surface area contributed by atoms with E-state index < -0.39 is 0 Å². The molecular formula is C32H18N4. The first kappa shape index (κ1) is 18.4. The second kappa shape index (κ2) is 6.37. The second-order valence-electron chi connectivity index (χ2n) is 9.46. The molecule has 0 aliphatic carbocycles. The Balaban J connectivity index is 1.68. The van der Waals surface area contributed by atoms with Gasteiger partial charge in [-0.1, -0.05) is 60.7 Å². The largest absolute Gasteiger partial charge is 0.309 e. The maximum absolute atomic E-state index is 5.17. The molecule has 4 heterocycles. The molecule has 5 aromatic carbocycles. The molecule has 0 unspecified atom stereocenters. The SMILES string of the molecule is c1ccc(-n2c3cccc4c5ccccc5n5c6nc7ccccc7nc6c6ccc2c(c43)c65)cc1. The molecule has 0 aliphatic rings. The zero-order valence-corrected chi connectivity index (χ0v) is 19.2. The van der Waals surface area contributed by atoms with Gasteiger partial charge in [-0.2, -0.15) is 0 Å². The van der Waals surface area contributed by atoms with Gasteiger partial charge in [0.15, 0.2) is 5.65 Å². The molecule has 0 fully saturated rings. The van der Waals surface area contributed by atoms with Crippen LogP contribution in [0.15, 0.2) is 109 Å². The lowest BCUT2D eigenvalue weighted by Crippen LogP contribution is -1.93. The monoisotopic (exact) mass is 458 g/mol. The fourth-order valence-corrected chi connectivity index (χ4v) is 6.20. The van der Waals surface area contributed by atoms with Crippen LogP contribution in [0.5, 0.6) is 0 Å². The number of aromatic nitrogens is 4. The summed E-state index contributed by atoms with van der Waals surface area (Å²) in [6, 6.07) is 38.6. The molecule has 36 heavy (non-hydrogen) atoms. The van der Waals surface area contributed by atoms with E-state index in [9.17, 15) is 0 Å². The lowest BCUT2D eigenvalue weighted by Gasteiger charge is -2.08. The predicted octanol–water partition coefficient (Wildman–Crippen LogP) is 7.88. The Morgan fingerprint density at radius 2 is 1.17 bits per heavy atom. The zero-order chi connectivity index (χ0) is 23.4. The molecule has 0 saturated carbocycles. The molecule has 0 atom stereocenters. The molecule has 4 heteroatoms. The average Bonchev–Trinajstić information content (AvgIpc) is 3.40. The highest BCUT2D eigenvalue weighted by Crippen LogP contribution is 2.44. The Labute approximate surface area is 205 Å². The van der Waals surface area contributed by atoms with Gasteiger partial charge < -0.3 is 4.57 Å². The highest BCUT2D eigenvalue weighted by molar-refractivity contribution is 6.32. The average molecular weight is 459 g/mol. The molecule has 0 N–H and O–H groups in total. The summed E-state index contributed by atoms with van der Waals surface area (Å²) in [6.07, 6.45) is 0. The first-order valence-electron chi connectivity index (χ1n) is 12.2. The van der Waals surface area contributed by atoms with E-state index in [0.717, 1.165) is 38.8 Å². The Kier molecular flexibility index (Phi) is 3.25. The van der Waals surface area contributed by atoms with Crippen LogP contribution in [0.1, 0.15) is 0 Å². The van der Waals surface area contributed by atoms with Gasteiger partial charge in [0.2, 0.25) is 0 Å². The van der Waals surface area contributed by atoms with Crippen LogP contribution >= 0.6 is 0 Å². The Hall–Kier alpha value is -4.96. The van der Waals surface area contributed by atoms with Crippen molar-refractivity contribution in [2.75, 3.05) is 0 Å². The van der Waals surface area contributed by atoms with E-state index in [0.29, 0.717) is 0 Å². The normalized spacial score (nSPS) is 12.4. The maximum atomic E-state index is 5.17. The quantitative estimate of drug-likeness (QED) is 0.251. The zero-order valence-electron chi connectivity index (χ0n) is 19.2. The third kappa shape index (κ3) is 2.11. The molecular weight excluding hydrogens is 440 g/mol. The van der Waals surface area contributed by atoms with Crippen molar-refractivity contribution >= 4 is 71.2 Å². The van der Waals surface area contributed by atoms with Crippen molar-refractivity contribution in [1.29, 1.82) is 0 Å². The Bertz CT molecular complexity index is 2310. The van der Waals surface area contributed by atoms with Crippen molar-refractivity contribution in [3.05, 3.63) is 109 Å². The van der Waals surface area contributed by atoms with Crippen molar-refractivity contribution in [2.24, 2.45) is 0 Å². The number of benzene rings is 5. The Morgan fingerprint density at radius 3 is 2.06 bits per heavy atom. The smallest absolute Gasteiger partial charge is 0.165 e. The first-order valence-corrected chi connectivity index (χ1v) is 12.2. The number of para-hydroxylation sites is 4. The molecule has 166 valence electrons. The molecule has 9 aromatic rings. The van der Waals surface area contributed by atoms with Crippen LogP contribution in [0.3, 0.4) is 0 Å². The molecule has 0 amide bonds. The summed E-state index contributed by atoms with van der Waals surface area (Å²) in [5.41, 5.74) is 9.55. The summed E-state index contributed by atoms with van der Waals surface area (Å²) in [6.45, 7) is 0. The van der Waals surface area contributed by atoms with Gasteiger partial charge in [-0.25, -0.2) is 9.97 Å². The van der Waals surface area contributed by atoms with E-state index in [-0.39, 0.29) is 0 Å². The first-order chi connectivity index (χ1) is 17.9. The van der Waals surface area contributed by atoms with E-state index in [1.165, 1.54) is 38.1 Å². The Morgan fingerprint density at radius 1 is 0.472 bits per heavy atom. The molecule has 0 aliphatic heterocycles. The number of hydrogen-bond donors (Lipinski definition) is 0. The maximum Gasteiger partial charge on any atom is 0.165 e. The number of nitrogens with zero attached hydrogens (tertiary/aromatic N) is 4. The van der Waals surface area contributed by atoms with Crippen LogP contribution in [-0.2, 0) is 0 Å². The number of hydrogen-bond acceptors (Lipinski definition) is 2. The minimum absolute atomic E-state index is 0.900. The third-order valence-corrected chi connectivity index (χ3v) is 7.62. The fraction of sp³-hybridized carbons (Fsp3) is 0. The van der Waals surface area contributed by atoms with Crippen molar-refractivity contribution < 1.29 is 0 Å². The molecule has 9 rings (SSSR count). The number of fused-ring (bicyclic) bond motifs is 7. The van der Waals surface area contributed by atoms with Crippen molar-refractivity contribution in [3.63, 3.8) is 0 Å². The van der Waals surface area contributed by atoms with E-state index in [1.807, 2.05) is 24.3 Å². The van der Waals surface area contributed by atoms with E-state index in [2.05, 4.69) is 93.9 Å². The fourth-order valence-electron chi connectivity index (χ4n) is 6.20. The minimum atomic E-state index is 0.900. The highest BCUT2D eigenvalue weighted by atomic mass is 15.0. The van der Waals surface area contributed by atoms with E-state index in [4.69, 9.17) is 9.97 Å². The standard InChI is InChI=1S/C32H18N4/c1-2-9-19(10-3-1)35-26-16-8-12-21-20-11-4-7-15-25(20)36-31-22(17-18-27(35)29(31)28(21)26)30-32(36)34-24-14-6-5-13-23(24)33-30/h1-18H. The molecule has 0 radical (unpaired) electrons.